The number of ether oxygens (including phenoxy) is 2. The minimum absolute atomic E-state index is 0.155. The van der Waals surface area contributed by atoms with Gasteiger partial charge in [-0.25, -0.2) is 0 Å². The fourth-order valence-electron chi connectivity index (χ4n) is 1.72. The van der Waals surface area contributed by atoms with Gasteiger partial charge in [-0.2, -0.15) is 0 Å². The van der Waals surface area contributed by atoms with Crippen molar-refractivity contribution in [1.29, 1.82) is 0 Å². The zero-order valence-corrected chi connectivity index (χ0v) is 12.9. The van der Waals surface area contributed by atoms with Crippen LogP contribution in [0.25, 0.3) is 0 Å². The summed E-state index contributed by atoms with van der Waals surface area (Å²) in [6.45, 7) is 2.37. The number of hydrogen-bond donors (Lipinski definition) is 1. The van der Waals surface area contributed by atoms with E-state index < -0.39 is 5.97 Å². The summed E-state index contributed by atoms with van der Waals surface area (Å²) in [4.78, 5) is 25.4. The van der Waals surface area contributed by atoms with Crippen LogP contribution in [0.3, 0.4) is 0 Å². The largest absolute Gasteiger partial charge is 0.465 e. The van der Waals surface area contributed by atoms with Crippen LogP contribution in [0.5, 0.6) is 0 Å². The maximum Gasteiger partial charge on any atom is 0.325 e. The zero-order chi connectivity index (χ0) is 15.8. The van der Waals surface area contributed by atoms with Crippen LogP contribution in [0, 0.1) is 0 Å². The van der Waals surface area contributed by atoms with E-state index in [-0.39, 0.29) is 31.3 Å². The molecule has 1 aromatic carbocycles. The van der Waals surface area contributed by atoms with Gasteiger partial charge < -0.3 is 20.1 Å². The van der Waals surface area contributed by atoms with Crippen molar-refractivity contribution in [2.75, 3.05) is 39.1 Å². The molecule has 0 fully saturated rings. The maximum absolute atomic E-state index is 12.5. The molecule has 6 nitrogen and oxygen atoms in total. The van der Waals surface area contributed by atoms with Crippen LogP contribution >= 0.6 is 11.6 Å². The van der Waals surface area contributed by atoms with Crippen molar-refractivity contribution in [1.82, 2.24) is 4.90 Å². The number of esters is 1. The first-order valence-electron chi connectivity index (χ1n) is 6.48. The Kier molecular flexibility index (Phi) is 6.98. The molecule has 0 heterocycles. The Morgan fingerprint density at radius 2 is 2.10 bits per heavy atom. The first-order valence-corrected chi connectivity index (χ1v) is 6.86. The highest BCUT2D eigenvalue weighted by Gasteiger charge is 2.21. The first-order chi connectivity index (χ1) is 9.99. The summed E-state index contributed by atoms with van der Waals surface area (Å²) < 4.78 is 9.81. The smallest absolute Gasteiger partial charge is 0.325 e. The van der Waals surface area contributed by atoms with Crippen molar-refractivity contribution in [3.8, 4) is 0 Å². The third-order valence-electron chi connectivity index (χ3n) is 2.72. The van der Waals surface area contributed by atoms with Gasteiger partial charge in [0, 0.05) is 24.4 Å². The number of hydrogen-bond acceptors (Lipinski definition) is 5. The fraction of sp³-hybridized carbons (Fsp3) is 0.429. The highest BCUT2D eigenvalue weighted by Crippen LogP contribution is 2.19. The van der Waals surface area contributed by atoms with Gasteiger partial charge in [0.2, 0.25) is 0 Å². The molecular formula is C14H19ClN2O4. The number of rotatable bonds is 7. The zero-order valence-electron chi connectivity index (χ0n) is 12.1. The van der Waals surface area contributed by atoms with Gasteiger partial charge in [-0.1, -0.05) is 11.6 Å². The standard InChI is InChI=1S/C14H19ClN2O4/c1-3-21-13(18)9-17(6-7-20-2)14(19)11-5-4-10(15)8-12(11)16/h4-5,8H,3,6-7,9,16H2,1-2H3. The molecule has 7 heteroatoms. The van der Waals surface area contributed by atoms with Gasteiger partial charge in [-0.05, 0) is 25.1 Å². The van der Waals surface area contributed by atoms with E-state index in [0.29, 0.717) is 17.2 Å². The molecule has 0 aliphatic heterocycles. The van der Waals surface area contributed by atoms with Crippen LogP contribution in [0.15, 0.2) is 18.2 Å². The highest BCUT2D eigenvalue weighted by atomic mass is 35.5. The normalized spacial score (nSPS) is 10.2. The quantitative estimate of drug-likeness (QED) is 0.610. The molecule has 0 atom stereocenters. The molecule has 0 aromatic heterocycles. The average Bonchev–Trinajstić information content (AvgIpc) is 2.43. The van der Waals surface area contributed by atoms with E-state index in [1.807, 2.05) is 0 Å². The van der Waals surface area contributed by atoms with Crippen molar-refractivity contribution in [3.63, 3.8) is 0 Å². The lowest BCUT2D eigenvalue weighted by Crippen LogP contribution is -2.39. The number of carbonyl (C=O) groups is 2. The summed E-state index contributed by atoms with van der Waals surface area (Å²) in [5, 5.41) is 0.442. The number of nitrogens with zero attached hydrogens (tertiary/aromatic N) is 1. The van der Waals surface area contributed by atoms with Gasteiger partial charge in [0.1, 0.15) is 6.54 Å². The summed E-state index contributed by atoms with van der Waals surface area (Å²) in [5.41, 5.74) is 6.35. The Bertz CT molecular complexity index is 508. The number of methoxy groups -OCH3 is 1. The first kappa shape index (κ1) is 17.3. The molecule has 1 rings (SSSR count). The number of nitrogen functional groups attached to an aromatic ring is 1. The third-order valence-corrected chi connectivity index (χ3v) is 2.96. The van der Waals surface area contributed by atoms with E-state index in [1.54, 1.807) is 13.0 Å². The molecule has 0 saturated carbocycles. The SMILES string of the molecule is CCOC(=O)CN(CCOC)C(=O)c1ccc(Cl)cc1N. The second-order valence-corrected chi connectivity index (χ2v) is 4.69. The minimum Gasteiger partial charge on any atom is -0.465 e. The number of halogens is 1. The van der Waals surface area contributed by atoms with Crippen molar-refractivity contribution in [3.05, 3.63) is 28.8 Å². The van der Waals surface area contributed by atoms with Crippen molar-refractivity contribution < 1.29 is 19.1 Å². The van der Waals surface area contributed by atoms with Gasteiger partial charge in [0.25, 0.3) is 5.91 Å². The number of anilines is 1. The Hall–Kier alpha value is -1.79. The van der Waals surface area contributed by atoms with Crippen LogP contribution in [0.2, 0.25) is 5.02 Å². The Balaban J connectivity index is 2.90. The lowest BCUT2D eigenvalue weighted by atomic mass is 10.1. The molecular weight excluding hydrogens is 296 g/mol. The number of nitrogens with two attached hydrogens (primary N) is 1. The van der Waals surface area contributed by atoms with E-state index >= 15 is 0 Å². The molecule has 21 heavy (non-hydrogen) atoms. The van der Waals surface area contributed by atoms with Gasteiger partial charge in [0.05, 0.1) is 18.8 Å². The summed E-state index contributed by atoms with van der Waals surface area (Å²) in [6.07, 6.45) is 0. The summed E-state index contributed by atoms with van der Waals surface area (Å²) in [5.74, 6) is -0.844. The number of carbonyl (C=O) groups excluding carboxylic acids is 2. The van der Waals surface area contributed by atoms with Crippen LogP contribution in [0.4, 0.5) is 5.69 Å². The predicted octanol–water partition coefficient (Wildman–Crippen LogP) is 1.57. The summed E-state index contributed by atoms with van der Waals surface area (Å²) >= 11 is 5.81. The lowest BCUT2D eigenvalue weighted by Gasteiger charge is -2.22. The number of benzene rings is 1. The molecule has 116 valence electrons. The maximum atomic E-state index is 12.5. The molecule has 0 spiro atoms. The average molecular weight is 315 g/mol. The fourth-order valence-corrected chi connectivity index (χ4v) is 1.90. The third kappa shape index (κ3) is 5.24. The molecule has 1 aromatic rings. The van der Waals surface area contributed by atoms with Crippen molar-refractivity contribution >= 4 is 29.2 Å². The Morgan fingerprint density at radius 1 is 1.38 bits per heavy atom. The molecule has 0 aliphatic carbocycles. The second kappa shape index (κ2) is 8.49. The molecule has 0 bridgehead atoms. The number of amides is 1. The van der Waals surface area contributed by atoms with E-state index in [4.69, 9.17) is 26.8 Å². The van der Waals surface area contributed by atoms with E-state index in [2.05, 4.69) is 0 Å². The van der Waals surface area contributed by atoms with Gasteiger partial charge in [-0.15, -0.1) is 0 Å². The molecule has 0 aliphatic rings. The molecule has 2 N–H and O–H groups in total. The molecule has 1 amide bonds. The van der Waals surface area contributed by atoms with Crippen molar-refractivity contribution in [2.45, 2.75) is 6.92 Å². The van der Waals surface area contributed by atoms with E-state index in [1.165, 1.54) is 24.1 Å². The van der Waals surface area contributed by atoms with Gasteiger partial charge in [0.15, 0.2) is 0 Å². The van der Waals surface area contributed by atoms with Crippen molar-refractivity contribution in [2.24, 2.45) is 0 Å². The Morgan fingerprint density at radius 3 is 2.67 bits per heavy atom. The summed E-state index contributed by atoms with van der Waals surface area (Å²) in [7, 11) is 1.52. The minimum atomic E-state index is -0.477. The van der Waals surface area contributed by atoms with E-state index in [9.17, 15) is 9.59 Å². The highest BCUT2D eigenvalue weighted by molar-refractivity contribution is 6.31. The topological polar surface area (TPSA) is 81.9 Å². The monoisotopic (exact) mass is 314 g/mol. The van der Waals surface area contributed by atoms with Crippen LogP contribution in [-0.2, 0) is 14.3 Å². The summed E-state index contributed by atoms with van der Waals surface area (Å²) in [6, 6.07) is 4.60. The van der Waals surface area contributed by atoms with Crippen LogP contribution in [-0.4, -0.2) is 50.2 Å². The van der Waals surface area contributed by atoms with Crippen LogP contribution in [0.1, 0.15) is 17.3 Å². The second-order valence-electron chi connectivity index (χ2n) is 4.26. The van der Waals surface area contributed by atoms with Gasteiger partial charge >= 0.3 is 5.97 Å². The Labute approximate surface area is 128 Å². The van der Waals surface area contributed by atoms with Crippen LogP contribution < -0.4 is 5.73 Å². The van der Waals surface area contributed by atoms with E-state index in [0.717, 1.165) is 0 Å². The lowest BCUT2D eigenvalue weighted by molar-refractivity contribution is -0.143. The molecule has 0 unspecified atom stereocenters. The molecule has 0 radical (unpaired) electrons. The molecule has 0 saturated heterocycles. The van der Waals surface area contributed by atoms with Gasteiger partial charge in [-0.3, -0.25) is 9.59 Å². The predicted molar refractivity (Wildman–Crippen MR) is 80.3 cm³/mol.